The van der Waals surface area contributed by atoms with Gasteiger partial charge in [-0.3, -0.25) is 4.68 Å². The molecule has 0 N–H and O–H groups in total. The zero-order valence-corrected chi connectivity index (χ0v) is 11.0. The summed E-state index contributed by atoms with van der Waals surface area (Å²) in [5, 5.41) is 7.57. The number of aromatic nitrogens is 3. The standard InChI is InChI=1S/C11H14ClN3S/c1-8-5-9(2)15(14-8)4-3-11-13-10(6-12)7-16-11/h5,7H,3-4,6H2,1-2H3. The summed E-state index contributed by atoms with van der Waals surface area (Å²) in [6.07, 6.45) is 0.920. The molecule has 0 atom stereocenters. The van der Waals surface area contributed by atoms with Crippen LogP contribution in [0.2, 0.25) is 0 Å². The van der Waals surface area contributed by atoms with Crippen LogP contribution in [0.1, 0.15) is 22.1 Å². The summed E-state index contributed by atoms with van der Waals surface area (Å²) >= 11 is 7.38. The maximum absolute atomic E-state index is 5.71. The van der Waals surface area contributed by atoms with Crippen LogP contribution in [0.4, 0.5) is 0 Å². The van der Waals surface area contributed by atoms with Crippen molar-refractivity contribution in [2.24, 2.45) is 0 Å². The van der Waals surface area contributed by atoms with Crippen LogP contribution in [0.3, 0.4) is 0 Å². The van der Waals surface area contributed by atoms with E-state index in [9.17, 15) is 0 Å². The number of hydrogen-bond acceptors (Lipinski definition) is 3. The van der Waals surface area contributed by atoms with E-state index < -0.39 is 0 Å². The minimum atomic E-state index is 0.496. The maximum atomic E-state index is 5.71. The number of hydrogen-bond donors (Lipinski definition) is 0. The Kier molecular flexibility index (Phi) is 3.61. The molecule has 0 aliphatic heterocycles. The Morgan fingerprint density at radius 3 is 2.81 bits per heavy atom. The van der Waals surface area contributed by atoms with E-state index in [0.717, 1.165) is 29.4 Å². The first-order chi connectivity index (χ1) is 7.69. The molecule has 2 rings (SSSR count). The molecule has 2 heterocycles. The Labute approximate surface area is 104 Å². The zero-order valence-electron chi connectivity index (χ0n) is 9.40. The van der Waals surface area contributed by atoms with Gasteiger partial charge in [0.25, 0.3) is 0 Å². The van der Waals surface area contributed by atoms with E-state index in [1.807, 2.05) is 17.0 Å². The number of nitrogens with zero attached hydrogens (tertiary/aromatic N) is 3. The van der Waals surface area contributed by atoms with Crippen molar-refractivity contribution in [2.45, 2.75) is 32.7 Å². The van der Waals surface area contributed by atoms with Gasteiger partial charge < -0.3 is 0 Å². The monoisotopic (exact) mass is 255 g/mol. The normalized spacial score (nSPS) is 10.9. The van der Waals surface area contributed by atoms with E-state index >= 15 is 0 Å². The fourth-order valence-electron chi connectivity index (χ4n) is 1.63. The van der Waals surface area contributed by atoms with Crippen molar-refractivity contribution in [3.63, 3.8) is 0 Å². The molecule has 5 heteroatoms. The van der Waals surface area contributed by atoms with Crippen molar-refractivity contribution in [3.05, 3.63) is 33.5 Å². The van der Waals surface area contributed by atoms with Crippen LogP contribution in [0, 0.1) is 13.8 Å². The van der Waals surface area contributed by atoms with Crippen LogP contribution in [-0.2, 0) is 18.8 Å². The lowest BCUT2D eigenvalue weighted by atomic mass is 10.4. The molecule has 0 amide bonds. The third-order valence-corrected chi connectivity index (χ3v) is 3.61. The van der Waals surface area contributed by atoms with Crippen LogP contribution in [0.25, 0.3) is 0 Å². The molecular formula is C11H14ClN3S. The van der Waals surface area contributed by atoms with Crippen LogP contribution >= 0.6 is 22.9 Å². The number of rotatable bonds is 4. The first kappa shape index (κ1) is 11.6. The van der Waals surface area contributed by atoms with Crippen molar-refractivity contribution < 1.29 is 0 Å². The van der Waals surface area contributed by atoms with E-state index in [1.165, 1.54) is 5.69 Å². The molecule has 3 nitrogen and oxygen atoms in total. The lowest BCUT2D eigenvalue weighted by Crippen LogP contribution is -2.05. The molecule has 0 aliphatic rings. The Morgan fingerprint density at radius 2 is 2.25 bits per heavy atom. The second-order valence-electron chi connectivity index (χ2n) is 3.77. The van der Waals surface area contributed by atoms with Crippen LogP contribution in [0.5, 0.6) is 0 Å². The molecule has 16 heavy (non-hydrogen) atoms. The molecule has 0 aliphatic carbocycles. The Morgan fingerprint density at radius 1 is 1.44 bits per heavy atom. The van der Waals surface area contributed by atoms with Gasteiger partial charge in [0, 0.05) is 24.0 Å². The van der Waals surface area contributed by atoms with Crippen LogP contribution in [-0.4, -0.2) is 14.8 Å². The quantitative estimate of drug-likeness (QED) is 0.787. The fourth-order valence-corrected chi connectivity index (χ4v) is 2.64. The third-order valence-electron chi connectivity index (χ3n) is 2.38. The summed E-state index contributed by atoms with van der Waals surface area (Å²) in [6, 6.07) is 2.09. The van der Waals surface area contributed by atoms with Gasteiger partial charge in [-0.25, -0.2) is 4.98 Å². The molecule has 0 fully saturated rings. The number of halogens is 1. The second kappa shape index (κ2) is 4.97. The topological polar surface area (TPSA) is 30.7 Å². The third kappa shape index (κ3) is 2.62. The molecule has 86 valence electrons. The molecule has 0 saturated heterocycles. The minimum absolute atomic E-state index is 0.496. The second-order valence-corrected chi connectivity index (χ2v) is 4.98. The summed E-state index contributed by atoms with van der Waals surface area (Å²) in [7, 11) is 0. The van der Waals surface area contributed by atoms with Gasteiger partial charge in [0.05, 0.1) is 22.3 Å². The highest BCUT2D eigenvalue weighted by atomic mass is 35.5. The van der Waals surface area contributed by atoms with Crippen molar-refractivity contribution >= 4 is 22.9 Å². The molecule has 2 aromatic rings. The van der Waals surface area contributed by atoms with Gasteiger partial charge in [0.15, 0.2) is 0 Å². The largest absolute Gasteiger partial charge is 0.269 e. The molecular weight excluding hydrogens is 242 g/mol. The van der Waals surface area contributed by atoms with Gasteiger partial charge in [-0.05, 0) is 19.9 Å². The van der Waals surface area contributed by atoms with Gasteiger partial charge >= 0.3 is 0 Å². The van der Waals surface area contributed by atoms with Crippen molar-refractivity contribution in [3.8, 4) is 0 Å². The van der Waals surface area contributed by atoms with Gasteiger partial charge in [-0.15, -0.1) is 22.9 Å². The highest BCUT2D eigenvalue weighted by molar-refractivity contribution is 7.09. The van der Waals surface area contributed by atoms with E-state index in [2.05, 4.69) is 23.1 Å². The lowest BCUT2D eigenvalue weighted by molar-refractivity contribution is 0.592. The smallest absolute Gasteiger partial charge is 0.0947 e. The van der Waals surface area contributed by atoms with Gasteiger partial charge in [0.1, 0.15) is 0 Å². The summed E-state index contributed by atoms with van der Waals surface area (Å²) in [5.41, 5.74) is 3.24. The summed E-state index contributed by atoms with van der Waals surface area (Å²) in [5.74, 6) is 0.496. The highest BCUT2D eigenvalue weighted by Gasteiger charge is 2.04. The van der Waals surface area contributed by atoms with Crippen LogP contribution in [0.15, 0.2) is 11.4 Å². The van der Waals surface area contributed by atoms with E-state index in [-0.39, 0.29) is 0 Å². The molecule has 0 bridgehead atoms. The van der Waals surface area contributed by atoms with E-state index in [1.54, 1.807) is 11.3 Å². The average molecular weight is 256 g/mol. The maximum Gasteiger partial charge on any atom is 0.0947 e. The Balaban J connectivity index is 1.99. The zero-order chi connectivity index (χ0) is 11.5. The van der Waals surface area contributed by atoms with Crippen molar-refractivity contribution in [2.75, 3.05) is 0 Å². The van der Waals surface area contributed by atoms with Gasteiger partial charge in [0.2, 0.25) is 0 Å². The van der Waals surface area contributed by atoms with Crippen molar-refractivity contribution in [1.29, 1.82) is 0 Å². The average Bonchev–Trinajstić information content (AvgIpc) is 2.82. The molecule has 0 spiro atoms. The predicted octanol–water partition coefficient (Wildman–Crippen LogP) is 2.94. The van der Waals surface area contributed by atoms with E-state index in [4.69, 9.17) is 11.6 Å². The number of aryl methyl sites for hydroxylation is 4. The number of alkyl halides is 1. The predicted molar refractivity (Wildman–Crippen MR) is 67.1 cm³/mol. The van der Waals surface area contributed by atoms with Crippen molar-refractivity contribution in [1.82, 2.24) is 14.8 Å². The molecule has 0 saturated carbocycles. The first-order valence-electron chi connectivity index (χ1n) is 5.19. The summed E-state index contributed by atoms with van der Waals surface area (Å²) < 4.78 is 2.02. The lowest BCUT2D eigenvalue weighted by Gasteiger charge is -2.01. The van der Waals surface area contributed by atoms with E-state index in [0.29, 0.717) is 5.88 Å². The SMILES string of the molecule is Cc1cc(C)n(CCc2nc(CCl)cs2)n1. The van der Waals surface area contributed by atoms with Gasteiger partial charge in [-0.2, -0.15) is 5.10 Å². The van der Waals surface area contributed by atoms with Gasteiger partial charge in [-0.1, -0.05) is 0 Å². The highest BCUT2D eigenvalue weighted by Crippen LogP contribution is 2.13. The summed E-state index contributed by atoms with van der Waals surface area (Å²) in [4.78, 5) is 4.43. The molecule has 2 aromatic heterocycles. The minimum Gasteiger partial charge on any atom is -0.269 e. The first-order valence-corrected chi connectivity index (χ1v) is 6.61. The van der Waals surface area contributed by atoms with Crippen LogP contribution < -0.4 is 0 Å². The molecule has 0 radical (unpaired) electrons. The Hall–Kier alpha value is -0.870. The fraction of sp³-hybridized carbons (Fsp3) is 0.455. The summed E-state index contributed by atoms with van der Waals surface area (Å²) in [6.45, 7) is 4.97. The molecule has 0 unspecified atom stereocenters. The Bertz CT molecular complexity index is 475. The number of thiazole rings is 1. The molecule has 0 aromatic carbocycles.